The van der Waals surface area contributed by atoms with E-state index in [1.165, 1.54) is 0 Å². The second-order valence-electron chi connectivity index (χ2n) is 2.50. The topological polar surface area (TPSA) is 53.3 Å². The molecule has 0 aliphatic heterocycles. The van der Waals surface area contributed by atoms with Crippen molar-refractivity contribution in [3.63, 3.8) is 0 Å². The van der Waals surface area contributed by atoms with Crippen LogP contribution in [-0.4, -0.2) is 0 Å². The minimum absolute atomic E-state index is 0.722. The molecule has 0 spiro atoms. The van der Waals surface area contributed by atoms with Crippen LogP contribution in [0.2, 0.25) is 0 Å². The number of para-hydroxylation sites is 1. The van der Waals surface area contributed by atoms with Crippen LogP contribution in [0.3, 0.4) is 0 Å². The SMILES string of the molecule is Cc1[nH+]c2c(N)cccc2o1. The normalized spacial score (nSPS) is 10.6. The van der Waals surface area contributed by atoms with Gasteiger partial charge in [0.2, 0.25) is 5.58 Å². The third kappa shape index (κ3) is 0.852. The smallest absolute Gasteiger partial charge is 0.343 e. The maximum Gasteiger partial charge on any atom is 0.343 e. The monoisotopic (exact) mass is 149 g/mol. The van der Waals surface area contributed by atoms with E-state index in [9.17, 15) is 0 Å². The molecule has 11 heavy (non-hydrogen) atoms. The van der Waals surface area contributed by atoms with Crippen molar-refractivity contribution in [2.24, 2.45) is 0 Å². The van der Waals surface area contributed by atoms with E-state index in [0.29, 0.717) is 0 Å². The Bertz CT molecular complexity index is 392. The van der Waals surface area contributed by atoms with Gasteiger partial charge in [0.05, 0.1) is 6.92 Å². The summed E-state index contributed by atoms with van der Waals surface area (Å²) in [6, 6.07) is 5.59. The van der Waals surface area contributed by atoms with Crippen molar-refractivity contribution in [3.05, 3.63) is 24.1 Å². The Kier molecular flexibility index (Phi) is 1.12. The summed E-state index contributed by atoms with van der Waals surface area (Å²) in [5, 5.41) is 0. The van der Waals surface area contributed by atoms with Crippen LogP contribution in [0.25, 0.3) is 11.1 Å². The van der Waals surface area contributed by atoms with Crippen LogP contribution >= 0.6 is 0 Å². The van der Waals surface area contributed by atoms with Crippen molar-refractivity contribution < 1.29 is 9.40 Å². The van der Waals surface area contributed by atoms with E-state index < -0.39 is 0 Å². The van der Waals surface area contributed by atoms with Crippen LogP contribution in [0.15, 0.2) is 22.6 Å². The number of rotatable bonds is 0. The first kappa shape index (κ1) is 6.22. The quantitative estimate of drug-likeness (QED) is 0.571. The van der Waals surface area contributed by atoms with Gasteiger partial charge in [0.25, 0.3) is 5.52 Å². The average Bonchev–Trinajstić information content (AvgIpc) is 2.31. The third-order valence-electron chi connectivity index (χ3n) is 1.62. The summed E-state index contributed by atoms with van der Waals surface area (Å²) in [5.41, 5.74) is 8.09. The second kappa shape index (κ2) is 1.99. The molecule has 0 radical (unpaired) electrons. The zero-order chi connectivity index (χ0) is 7.84. The molecule has 3 heteroatoms. The van der Waals surface area contributed by atoms with E-state index in [-0.39, 0.29) is 0 Å². The highest BCUT2D eigenvalue weighted by Gasteiger charge is 2.10. The minimum Gasteiger partial charge on any atom is -0.402 e. The molecule has 56 valence electrons. The van der Waals surface area contributed by atoms with Crippen molar-refractivity contribution in [2.75, 3.05) is 5.73 Å². The van der Waals surface area contributed by atoms with Gasteiger partial charge in [-0.2, -0.15) is 4.98 Å². The van der Waals surface area contributed by atoms with Crippen LogP contribution in [0.5, 0.6) is 0 Å². The van der Waals surface area contributed by atoms with Gasteiger partial charge in [-0.1, -0.05) is 6.07 Å². The zero-order valence-electron chi connectivity index (χ0n) is 6.22. The summed E-state index contributed by atoms with van der Waals surface area (Å²) >= 11 is 0. The molecular formula is C8H9N2O+. The summed E-state index contributed by atoms with van der Waals surface area (Å²) in [5.74, 6) is 0.776. The van der Waals surface area contributed by atoms with Gasteiger partial charge in [-0.25, -0.2) is 0 Å². The molecule has 0 aliphatic carbocycles. The Morgan fingerprint density at radius 3 is 3.00 bits per heavy atom. The summed E-state index contributed by atoms with van der Waals surface area (Å²) < 4.78 is 5.31. The fourth-order valence-electron chi connectivity index (χ4n) is 1.13. The molecule has 2 aromatic rings. The van der Waals surface area contributed by atoms with Gasteiger partial charge in [-0.05, 0) is 12.1 Å². The van der Waals surface area contributed by atoms with Gasteiger partial charge in [0.15, 0.2) is 0 Å². The maximum absolute atomic E-state index is 5.68. The predicted molar refractivity (Wildman–Crippen MR) is 41.9 cm³/mol. The Balaban J connectivity index is 2.90. The highest BCUT2D eigenvalue weighted by atomic mass is 16.3. The number of anilines is 1. The van der Waals surface area contributed by atoms with Crippen molar-refractivity contribution in [1.82, 2.24) is 0 Å². The number of hydrogen-bond donors (Lipinski definition) is 1. The third-order valence-corrected chi connectivity index (χ3v) is 1.62. The van der Waals surface area contributed by atoms with Crippen LogP contribution in [0.4, 0.5) is 5.69 Å². The molecule has 0 fully saturated rings. The number of aryl methyl sites for hydroxylation is 1. The summed E-state index contributed by atoms with van der Waals surface area (Å²) in [6.07, 6.45) is 0. The van der Waals surface area contributed by atoms with Crippen molar-refractivity contribution in [1.29, 1.82) is 0 Å². The number of H-pyrrole nitrogens is 1. The number of hydrogen-bond acceptors (Lipinski definition) is 2. The molecule has 0 bridgehead atoms. The van der Waals surface area contributed by atoms with Crippen molar-refractivity contribution in [2.45, 2.75) is 6.92 Å². The minimum atomic E-state index is 0.722. The molecule has 0 unspecified atom stereocenters. The molecule has 0 saturated carbocycles. The molecule has 1 aromatic heterocycles. The first-order chi connectivity index (χ1) is 5.27. The molecule has 2 rings (SSSR count). The molecule has 1 heterocycles. The number of nitrogens with one attached hydrogen (secondary N) is 1. The van der Waals surface area contributed by atoms with Crippen LogP contribution < -0.4 is 10.7 Å². The number of nitrogens with two attached hydrogens (primary N) is 1. The molecule has 1 aromatic carbocycles. The van der Waals surface area contributed by atoms with Gasteiger partial charge >= 0.3 is 5.89 Å². The van der Waals surface area contributed by atoms with E-state index >= 15 is 0 Å². The maximum atomic E-state index is 5.68. The van der Waals surface area contributed by atoms with Gasteiger partial charge in [-0.15, -0.1) is 0 Å². The lowest BCUT2D eigenvalue weighted by atomic mass is 10.3. The van der Waals surface area contributed by atoms with E-state index in [1.54, 1.807) is 0 Å². The largest absolute Gasteiger partial charge is 0.402 e. The van der Waals surface area contributed by atoms with Gasteiger partial charge in [-0.3, -0.25) is 0 Å². The number of aromatic nitrogens is 1. The Labute approximate surface area is 63.8 Å². The molecule has 0 amide bonds. The second-order valence-corrected chi connectivity index (χ2v) is 2.50. The number of benzene rings is 1. The number of nitrogen functional groups attached to an aromatic ring is 1. The average molecular weight is 149 g/mol. The van der Waals surface area contributed by atoms with E-state index in [1.807, 2.05) is 25.1 Å². The Morgan fingerprint density at radius 2 is 2.27 bits per heavy atom. The Hall–Kier alpha value is -1.51. The van der Waals surface area contributed by atoms with Crippen LogP contribution in [0, 0.1) is 6.92 Å². The molecular weight excluding hydrogens is 140 g/mol. The number of oxazole rings is 1. The molecule has 3 N–H and O–H groups in total. The van der Waals surface area contributed by atoms with Crippen LogP contribution in [-0.2, 0) is 0 Å². The van der Waals surface area contributed by atoms with Crippen LogP contribution in [0.1, 0.15) is 5.89 Å². The fraction of sp³-hybridized carbons (Fsp3) is 0.125. The summed E-state index contributed by atoms with van der Waals surface area (Å²) in [6.45, 7) is 1.86. The fourth-order valence-corrected chi connectivity index (χ4v) is 1.13. The standard InChI is InChI=1S/C8H8N2O/c1-5-10-8-6(9)3-2-4-7(8)11-5/h2-4H,9H2,1H3/p+1. The summed E-state index contributed by atoms with van der Waals surface area (Å²) in [7, 11) is 0. The lowest BCUT2D eigenvalue weighted by Gasteiger charge is -1.84. The first-order valence-electron chi connectivity index (χ1n) is 3.44. The Morgan fingerprint density at radius 1 is 1.45 bits per heavy atom. The van der Waals surface area contributed by atoms with Crippen molar-refractivity contribution >= 4 is 16.8 Å². The highest BCUT2D eigenvalue weighted by Crippen LogP contribution is 2.16. The highest BCUT2D eigenvalue weighted by molar-refractivity contribution is 5.81. The number of fused-ring (bicyclic) bond motifs is 1. The first-order valence-corrected chi connectivity index (χ1v) is 3.44. The summed E-state index contributed by atoms with van der Waals surface area (Å²) in [4.78, 5) is 3.04. The zero-order valence-corrected chi connectivity index (χ0v) is 6.22. The molecule has 3 nitrogen and oxygen atoms in total. The molecule has 0 atom stereocenters. The van der Waals surface area contributed by atoms with Crippen molar-refractivity contribution in [3.8, 4) is 0 Å². The molecule has 0 aliphatic rings. The van der Waals surface area contributed by atoms with E-state index in [2.05, 4.69) is 4.98 Å². The number of aromatic amines is 1. The van der Waals surface area contributed by atoms with Gasteiger partial charge in [0.1, 0.15) is 5.69 Å². The van der Waals surface area contributed by atoms with Gasteiger partial charge in [0, 0.05) is 0 Å². The lowest BCUT2D eigenvalue weighted by Crippen LogP contribution is -2.03. The predicted octanol–water partition coefficient (Wildman–Crippen LogP) is 1.14. The van der Waals surface area contributed by atoms with E-state index in [0.717, 1.165) is 22.7 Å². The van der Waals surface area contributed by atoms with Gasteiger partial charge < -0.3 is 10.2 Å². The lowest BCUT2D eigenvalue weighted by molar-refractivity contribution is -0.364. The van der Waals surface area contributed by atoms with E-state index in [4.69, 9.17) is 10.2 Å². The molecule has 0 saturated heterocycles.